The third-order valence-electron chi connectivity index (χ3n) is 5.92. The van der Waals surface area contributed by atoms with Gasteiger partial charge in [0.25, 0.3) is 0 Å². The first-order chi connectivity index (χ1) is 15.0. The number of thioether (sulfide) groups is 1. The van der Waals surface area contributed by atoms with Gasteiger partial charge in [-0.25, -0.2) is 0 Å². The molecule has 1 atom stereocenters. The maximum Gasteiger partial charge on any atom is 0.167 e. The van der Waals surface area contributed by atoms with Gasteiger partial charge >= 0.3 is 0 Å². The lowest BCUT2D eigenvalue weighted by molar-refractivity contribution is -0.128. The number of piperidine rings is 1. The molecule has 0 N–H and O–H groups in total. The van der Waals surface area contributed by atoms with E-state index < -0.39 is 5.41 Å². The number of rotatable bonds is 5. The van der Waals surface area contributed by atoms with Crippen LogP contribution in [0.1, 0.15) is 36.6 Å². The number of hydrogen-bond acceptors (Lipinski definition) is 3. The van der Waals surface area contributed by atoms with Gasteiger partial charge < -0.3 is 0 Å². The molecule has 3 aromatic rings. The van der Waals surface area contributed by atoms with E-state index in [0.29, 0.717) is 0 Å². The van der Waals surface area contributed by atoms with Crippen molar-refractivity contribution in [3.8, 4) is 0 Å². The Labute approximate surface area is 190 Å². The van der Waals surface area contributed by atoms with E-state index in [2.05, 4.69) is 104 Å². The Balaban J connectivity index is 1.81. The summed E-state index contributed by atoms with van der Waals surface area (Å²) in [5.74, 6) is 0.236. The molecule has 0 amide bonds. The topological polar surface area (TPSA) is 20.3 Å². The third kappa shape index (κ3) is 4.84. The van der Waals surface area contributed by atoms with Gasteiger partial charge in [0.15, 0.2) is 5.78 Å². The van der Waals surface area contributed by atoms with Crippen LogP contribution in [0.5, 0.6) is 0 Å². The van der Waals surface area contributed by atoms with Gasteiger partial charge in [0.05, 0.1) is 6.04 Å². The first-order valence-electron chi connectivity index (χ1n) is 10.7. The van der Waals surface area contributed by atoms with Crippen LogP contribution in [-0.2, 0) is 11.3 Å². The molecule has 31 heavy (non-hydrogen) atoms. The summed E-state index contributed by atoms with van der Waals surface area (Å²) in [7, 11) is 0. The second kappa shape index (κ2) is 9.25. The summed E-state index contributed by atoms with van der Waals surface area (Å²) in [6.07, 6.45) is 4.18. The molecule has 0 radical (unpaired) electrons. The van der Waals surface area contributed by atoms with Crippen LogP contribution in [-0.4, -0.2) is 23.5 Å². The lowest BCUT2D eigenvalue weighted by atomic mass is 9.74. The van der Waals surface area contributed by atoms with Crippen molar-refractivity contribution in [2.75, 3.05) is 12.8 Å². The second-order valence-corrected chi connectivity index (χ2v) is 9.67. The van der Waals surface area contributed by atoms with E-state index in [1.807, 2.05) is 12.1 Å². The molecule has 0 bridgehead atoms. The summed E-state index contributed by atoms with van der Waals surface area (Å²) in [6, 6.07) is 29.4. The summed E-state index contributed by atoms with van der Waals surface area (Å²) in [5.41, 5.74) is 3.92. The van der Waals surface area contributed by atoms with Crippen molar-refractivity contribution in [3.63, 3.8) is 0 Å². The minimum absolute atomic E-state index is 0.0674. The number of carbonyl (C=O) groups excluding carboxylic acids is 1. The highest BCUT2D eigenvalue weighted by atomic mass is 32.2. The van der Waals surface area contributed by atoms with E-state index in [-0.39, 0.29) is 11.8 Å². The van der Waals surface area contributed by atoms with E-state index in [1.54, 1.807) is 11.8 Å². The van der Waals surface area contributed by atoms with Gasteiger partial charge in [0, 0.05) is 29.0 Å². The zero-order valence-electron chi connectivity index (χ0n) is 18.4. The monoisotopic (exact) mass is 427 g/mol. The van der Waals surface area contributed by atoms with E-state index in [4.69, 9.17) is 0 Å². The Morgan fingerprint density at radius 1 is 0.935 bits per heavy atom. The van der Waals surface area contributed by atoms with Crippen molar-refractivity contribution in [2.45, 2.75) is 31.3 Å². The molecule has 3 heteroatoms. The zero-order valence-corrected chi connectivity index (χ0v) is 19.2. The molecule has 4 rings (SSSR count). The second-order valence-electron chi connectivity index (χ2n) is 8.79. The summed E-state index contributed by atoms with van der Waals surface area (Å²) < 4.78 is 0. The Morgan fingerprint density at radius 2 is 1.55 bits per heavy atom. The van der Waals surface area contributed by atoms with Crippen LogP contribution < -0.4 is 0 Å². The highest BCUT2D eigenvalue weighted by molar-refractivity contribution is 7.98. The first-order valence-corrected chi connectivity index (χ1v) is 11.9. The predicted octanol–water partition coefficient (Wildman–Crippen LogP) is 6.64. The molecule has 1 aliphatic heterocycles. The van der Waals surface area contributed by atoms with Crippen molar-refractivity contribution in [1.82, 2.24) is 4.90 Å². The molecule has 0 aromatic heterocycles. The maximum atomic E-state index is 13.7. The number of hydrogen-bond donors (Lipinski definition) is 0. The molecule has 1 saturated heterocycles. The minimum Gasteiger partial charge on any atom is -0.294 e. The van der Waals surface area contributed by atoms with Crippen LogP contribution in [0.25, 0.3) is 6.08 Å². The lowest BCUT2D eigenvalue weighted by Gasteiger charge is -2.44. The van der Waals surface area contributed by atoms with Gasteiger partial charge in [-0.1, -0.05) is 86.6 Å². The number of likely N-dealkylation sites (tertiary alicyclic amines) is 1. The lowest BCUT2D eigenvalue weighted by Crippen LogP contribution is -2.49. The molecule has 1 unspecified atom stereocenters. The largest absolute Gasteiger partial charge is 0.294 e. The Hall–Kier alpha value is -2.62. The molecule has 3 aromatic carbocycles. The number of carbonyl (C=O) groups is 1. The van der Waals surface area contributed by atoms with Crippen LogP contribution in [0.15, 0.2) is 95.4 Å². The minimum atomic E-state index is -0.439. The SMILES string of the molecule is CSc1ccc(C=C2C(=O)C(C)(C)CN(Cc3ccccc3)C2c2ccccc2)cc1. The zero-order chi connectivity index (χ0) is 21.8. The van der Waals surface area contributed by atoms with Crippen molar-refractivity contribution >= 4 is 23.6 Å². The van der Waals surface area contributed by atoms with Gasteiger partial charge in [-0.3, -0.25) is 9.69 Å². The molecule has 0 spiro atoms. The number of benzene rings is 3. The molecule has 2 nitrogen and oxygen atoms in total. The van der Waals surface area contributed by atoms with Crippen molar-refractivity contribution in [1.29, 1.82) is 0 Å². The van der Waals surface area contributed by atoms with Gasteiger partial charge in [-0.05, 0) is 41.2 Å². The number of ketones is 1. The van der Waals surface area contributed by atoms with Crippen LogP contribution in [0.2, 0.25) is 0 Å². The molecule has 158 valence electrons. The average molecular weight is 428 g/mol. The quantitative estimate of drug-likeness (QED) is 0.336. The number of Topliss-reactive ketones (excluding diaryl/α,β-unsaturated/α-hetero) is 1. The average Bonchev–Trinajstić information content (AvgIpc) is 2.79. The standard InChI is InChI=1S/C28H29NOS/c1-28(2)20-29(19-22-10-6-4-7-11-22)26(23-12-8-5-9-13-23)25(27(28)30)18-21-14-16-24(31-3)17-15-21/h4-18,26H,19-20H2,1-3H3. The third-order valence-corrected chi connectivity index (χ3v) is 6.66. The molecule has 1 fully saturated rings. The van der Waals surface area contributed by atoms with Crippen LogP contribution in [0.3, 0.4) is 0 Å². The molecule has 1 heterocycles. The van der Waals surface area contributed by atoms with Gasteiger partial charge in [0.2, 0.25) is 0 Å². The fourth-order valence-electron chi connectivity index (χ4n) is 4.40. The van der Waals surface area contributed by atoms with Gasteiger partial charge in [-0.2, -0.15) is 0 Å². The molecular formula is C28H29NOS. The van der Waals surface area contributed by atoms with Crippen molar-refractivity contribution < 1.29 is 4.79 Å². The fourth-order valence-corrected chi connectivity index (χ4v) is 4.81. The highest BCUT2D eigenvalue weighted by Gasteiger charge is 2.43. The van der Waals surface area contributed by atoms with Crippen LogP contribution in [0, 0.1) is 5.41 Å². The van der Waals surface area contributed by atoms with Crippen LogP contribution in [0.4, 0.5) is 0 Å². The Bertz CT molecular complexity index is 1060. The fraction of sp³-hybridized carbons (Fsp3) is 0.250. The maximum absolute atomic E-state index is 13.7. The van der Waals surface area contributed by atoms with Crippen LogP contribution >= 0.6 is 11.8 Å². The highest BCUT2D eigenvalue weighted by Crippen LogP contribution is 2.42. The van der Waals surface area contributed by atoms with E-state index in [1.165, 1.54) is 10.5 Å². The Morgan fingerprint density at radius 3 is 2.16 bits per heavy atom. The summed E-state index contributed by atoms with van der Waals surface area (Å²) >= 11 is 1.73. The number of nitrogens with zero attached hydrogens (tertiary/aromatic N) is 1. The Kier molecular flexibility index (Phi) is 6.45. The summed E-state index contributed by atoms with van der Waals surface area (Å²) in [5, 5.41) is 0. The molecule has 1 aliphatic rings. The first kappa shape index (κ1) is 21.6. The normalized spacial score (nSPS) is 20.2. The predicted molar refractivity (Wildman–Crippen MR) is 131 cm³/mol. The van der Waals surface area contributed by atoms with Crippen molar-refractivity contribution in [2.24, 2.45) is 5.41 Å². The molecular weight excluding hydrogens is 398 g/mol. The van der Waals surface area contributed by atoms with Gasteiger partial charge in [-0.15, -0.1) is 11.8 Å². The molecule has 0 aliphatic carbocycles. The van der Waals surface area contributed by atoms with Gasteiger partial charge in [0.1, 0.15) is 0 Å². The summed E-state index contributed by atoms with van der Waals surface area (Å²) in [4.78, 5) is 17.3. The van der Waals surface area contributed by atoms with Crippen molar-refractivity contribution in [3.05, 3.63) is 107 Å². The smallest absolute Gasteiger partial charge is 0.167 e. The summed E-state index contributed by atoms with van der Waals surface area (Å²) in [6.45, 7) is 5.67. The van der Waals surface area contributed by atoms with E-state index in [9.17, 15) is 4.79 Å². The van der Waals surface area contributed by atoms with E-state index >= 15 is 0 Å². The molecule has 0 saturated carbocycles. The van der Waals surface area contributed by atoms with E-state index in [0.717, 1.165) is 29.8 Å².